The highest BCUT2D eigenvalue weighted by Gasteiger charge is 2.01. The van der Waals surface area contributed by atoms with Crippen molar-refractivity contribution in [3.8, 4) is 5.75 Å². The fraction of sp³-hybridized carbons (Fsp3) is 0.389. The minimum absolute atomic E-state index is 0.567. The summed E-state index contributed by atoms with van der Waals surface area (Å²) in [6, 6.07) is 12.9. The van der Waals surface area contributed by atoms with Gasteiger partial charge in [-0.2, -0.15) is 0 Å². The lowest BCUT2D eigenvalue weighted by Gasteiger charge is -2.12. The van der Waals surface area contributed by atoms with E-state index in [1.54, 1.807) is 12.4 Å². The Morgan fingerprint density at radius 2 is 1.76 bits per heavy atom. The van der Waals surface area contributed by atoms with E-state index < -0.39 is 0 Å². The zero-order valence-corrected chi connectivity index (χ0v) is 12.9. The van der Waals surface area contributed by atoms with E-state index in [1.165, 1.54) is 5.56 Å². The Hall–Kier alpha value is -1.87. The van der Waals surface area contributed by atoms with Gasteiger partial charge in [-0.25, -0.2) is 0 Å². The molecular formula is C18H24N2O. The summed E-state index contributed by atoms with van der Waals surface area (Å²) in [5, 5.41) is 3.44. The lowest BCUT2D eigenvalue weighted by atomic mass is 10.1. The number of aryl methyl sites for hydroxylation is 1. The topological polar surface area (TPSA) is 34.1 Å². The number of ether oxygens (including phenoxy) is 1. The van der Waals surface area contributed by atoms with Gasteiger partial charge in [-0.3, -0.25) is 4.98 Å². The number of aromatic nitrogens is 1. The molecule has 3 heteroatoms. The largest absolute Gasteiger partial charge is 0.489 e. The van der Waals surface area contributed by atoms with Gasteiger partial charge in [0, 0.05) is 18.4 Å². The van der Waals surface area contributed by atoms with Gasteiger partial charge < -0.3 is 10.1 Å². The highest BCUT2D eigenvalue weighted by Crippen LogP contribution is 2.15. The lowest BCUT2D eigenvalue weighted by Crippen LogP contribution is -2.25. The van der Waals surface area contributed by atoms with Crippen LogP contribution >= 0.6 is 0 Å². The molecule has 0 saturated carbocycles. The van der Waals surface area contributed by atoms with Crippen LogP contribution in [-0.4, -0.2) is 17.6 Å². The molecule has 21 heavy (non-hydrogen) atoms. The smallest absolute Gasteiger partial charge is 0.119 e. The monoisotopic (exact) mass is 284 g/mol. The van der Waals surface area contributed by atoms with E-state index in [0.29, 0.717) is 12.6 Å². The molecule has 0 saturated heterocycles. The number of rotatable bonds is 8. The van der Waals surface area contributed by atoms with Crippen LogP contribution in [0, 0.1) is 0 Å². The molecule has 1 heterocycles. The molecule has 0 radical (unpaired) electrons. The molecule has 0 aliphatic heterocycles. The summed E-state index contributed by atoms with van der Waals surface area (Å²) >= 11 is 0. The van der Waals surface area contributed by atoms with Gasteiger partial charge in [-0.05, 0) is 61.7 Å². The second kappa shape index (κ2) is 8.42. The zero-order chi connectivity index (χ0) is 14.9. The standard InChI is InChI=1S/C18H24N2O/c1-3-20-15(2)4-5-16-6-8-18(9-7-16)21-14-17-10-12-19-13-11-17/h6-13,15,20H,3-5,14H2,1-2H3. The third-order valence-electron chi connectivity index (χ3n) is 3.50. The predicted octanol–water partition coefficient (Wildman–Crippen LogP) is 3.59. The number of nitrogens with zero attached hydrogens (tertiary/aromatic N) is 1. The maximum absolute atomic E-state index is 5.77. The first kappa shape index (κ1) is 15.5. The summed E-state index contributed by atoms with van der Waals surface area (Å²) in [5.41, 5.74) is 2.49. The van der Waals surface area contributed by atoms with Crippen molar-refractivity contribution >= 4 is 0 Å². The second-order valence-electron chi connectivity index (χ2n) is 5.29. The van der Waals surface area contributed by atoms with Gasteiger partial charge in [0.15, 0.2) is 0 Å². The zero-order valence-electron chi connectivity index (χ0n) is 12.9. The summed E-state index contributed by atoms with van der Waals surface area (Å²) in [6.45, 7) is 5.99. The molecule has 0 amide bonds. The van der Waals surface area contributed by atoms with Gasteiger partial charge in [0.2, 0.25) is 0 Å². The SMILES string of the molecule is CCNC(C)CCc1ccc(OCc2ccncc2)cc1. The van der Waals surface area contributed by atoms with Gasteiger partial charge in [0.25, 0.3) is 0 Å². The van der Waals surface area contributed by atoms with Crippen LogP contribution in [0.1, 0.15) is 31.4 Å². The van der Waals surface area contributed by atoms with Crippen LogP contribution in [0.2, 0.25) is 0 Å². The molecule has 1 atom stereocenters. The molecule has 0 fully saturated rings. The van der Waals surface area contributed by atoms with E-state index in [4.69, 9.17) is 4.74 Å². The van der Waals surface area contributed by atoms with Crippen molar-refractivity contribution in [1.29, 1.82) is 0 Å². The van der Waals surface area contributed by atoms with Crippen molar-refractivity contribution in [3.63, 3.8) is 0 Å². The van der Waals surface area contributed by atoms with Gasteiger partial charge in [0.1, 0.15) is 12.4 Å². The third kappa shape index (κ3) is 5.56. The fourth-order valence-corrected chi connectivity index (χ4v) is 2.23. The van der Waals surface area contributed by atoms with Crippen LogP contribution in [0.4, 0.5) is 0 Å². The van der Waals surface area contributed by atoms with E-state index in [2.05, 4.69) is 48.4 Å². The van der Waals surface area contributed by atoms with E-state index >= 15 is 0 Å². The van der Waals surface area contributed by atoms with Crippen molar-refractivity contribution in [2.45, 2.75) is 39.3 Å². The molecule has 0 aliphatic carbocycles. The van der Waals surface area contributed by atoms with Crippen LogP contribution in [0.15, 0.2) is 48.8 Å². The number of hydrogen-bond donors (Lipinski definition) is 1. The Bertz CT molecular complexity index is 511. The summed E-state index contributed by atoms with van der Waals surface area (Å²) in [7, 11) is 0. The average molecular weight is 284 g/mol. The number of pyridine rings is 1. The molecule has 2 rings (SSSR count). The van der Waals surface area contributed by atoms with Crippen LogP contribution in [0.3, 0.4) is 0 Å². The molecule has 2 aromatic rings. The molecule has 0 bridgehead atoms. The first-order valence-electron chi connectivity index (χ1n) is 7.62. The van der Waals surface area contributed by atoms with Crippen LogP contribution < -0.4 is 10.1 Å². The molecule has 0 spiro atoms. The summed E-state index contributed by atoms with van der Waals surface area (Å²) in [6.07, 6.45) is 5.82. The molecule has 3 nitrogen and oxygen atoms in total. The highest BCUT2D eigenvalue weighted by atomic mass is 16.5. The number of hydrogen-bond acceptors (Lipinski definition) is 3. The Balaban J connectivity index is 1.79. The van der Waals surface area contributed by atoms with Crippen LogP contribution in [0.25, 0.3) is 0 Å². The van der Waals surface area contributed by atoms with Crippen molar-refractivity contribution < 1.29 is 4.74 Å². The molecular weight excluding hydrogens is 260 g/mol. The van der Waals surface area contributed by atoms with Gasteiger partial charge in [-0.15, -0.1) is 0 Å². The quantitative estimate of drug-likeness (QED) is 0.804. The maximum Gasteiger partial charge on any atom is 0.119 e. The van der Waals surface area contributed by atoms with Gasteiger partial charge >= 0.3 is 0 Å². The average Bonchev–Trinajstić information content (AvgIpc) is 2.53. The normalized spacial score (nSPS) is 12.1. The van der Waals surface area contributed by atoms with Crippen molar-refractivity contribution in [2.24, 2.45) is 0 Å². The van der Waals surface area contributed by atoms with E-state index in [1.807, 2.05) is 12.1 Å². The second-order valence-corrected chi connectivity index (χ2v) is 5.29. The Kier molecular flexibility index (Phi) is 6.22. The van der Waals surface area contributed by atoms with E-state index in [9.17, 15) is 0 Å². The van der Waals surface area contributed by atoms with Crippen molar-refractivity contribution in [2.75, 3.05) is 6.54 Å². The number of benzene rings is 1. The van der Waals surface area contributed by atoms with Crippen molar-refractivity contribution in [1.82, 2.24) is 10.3 Å². The molecule has 1 aromatic heterocycles. The molecule has 112 valence electrons. The Morgan fingerprint density at radius 3 is 2.43 bits per heavy atom. The molecule has 0 aliphatic rings. The van der Waals surface area contributed by atoms with E-state index in [0.717, 1.165) is 30.7 Å². The van der Waals surface area contributed by atoms with E-state index in [-0.39, 0.29) is 0 Å². The Morgan fingerprint density at radius 1 is 1.05 bits per heavy atom. The van der Waals surface area contributed by atoms with Gasteiger partial charge in [0.05, 0.1) is 0 Å². The summed E-state index contributed by atoms with van der Waals surface area (Å²) in [5.74, 6) is 0.912. The number of nitrogens with one attached hydrogen (secondary N) is 1. The lowest BCUT2D eigenvalue weighted by molar-refractivity contribution is 0.306. The molecule has 1 unspecified atom stereocenters. The Labute approximate surface area is 127 Å². The van der Waals surface area contributed by atoms with Gasteiger partial charge in [-0.1, -0.05) is 19.1 Å². The highest BCUT2D eigenvalue weighted by molar-refractivity contribution is 5.27. The summed E-state index contributed by atoms with van der Waals surface area (Å²) in [4.78, 5) is 4.00. The molecule has 1 aromatic carbocycles. The first-order chi connectivity index (χ1) is 10.3. The minimum Gasteiger partial charge on any atom is -0.489 e. The van der Waals surface area contributed by atoms with Crippen LogP contribution in [0.5, 0.6) is 5.75 Å². The van der Waals surface area contributed by atoms with Crippen molar-refractivity contribution in [3.05, 3.63) is 59.9 Å². The predicted molar refractivity (Wildman–Crippen MR) is 86.5 cm³/mol. The first-order valence-corrected chi connectivity index (χ1v) is 7.62. The third-order valence-corrected chi connectivity index (χ3v) is 3.50. The van der Waals surface area contributed by atoms with Crippen LogP contribution in [-0.2, 0) is 13.0 Å². The fourth-order valence-electron chi connectivity index (χ4n) is 2.23. The maximum atomic E-state index is 5.77. The summed E-state index contributed by atoms with van der Waals surface area (Å²) < 4.78 is 5.77. The minimum atomic E-state index is 0.567. The molecule has 1 N–H and O–H groups in total.